The third-order valence-corrected chi connectivity index (χ3v) is 4.33. The molecule has 0 heterocycles. The first-order valence-electron chi connectivity index (χ1n) is 9.54. The molecular weight excluding hydrogens is 459 g/mol. The van der Waals surface area contributed by atoms with E-state index in [1.54, 1.807) is 7.05 Å². The largest absolute Gasteiger partial charge is 0.444 e. The molecule has 1 amide bonds. The Bertz CT molecular complexity index is 486. The summed E-state index contributed by atoms with van der Waals surface area (Å²) >= 11 is 0. The highest BCUT2D eigenvalue weighted by Crippen LogP contribution is 2.48. The molecule has 0 saturated heterocycles. The molecule has 0 spiro atoms. The number of alkyl carbamates (subject to hydrolysis) is 1. The summed E-state index contributed by atoms with van der Waals surface area (Å²) in [6.07, 6.45) is 3.13. The van der Waals surface area contributed by atoms with Crippen molar-refractivity contribution >= 4 is 36.0 Å². The zero-order valence-electron chi connectivity index (χ0n) is 18.0. The lowest BCUT2D eigenvalue weighted by Gasteiger charge is -2.29. The molecule has 0 aromatic rings. The van der Waals surface area contributed by atoms with Crippen molar-refractivity contribution in [2.45, 2.75) is 71.9 Å². The van der Waals surface area contributed by atoms with E-state index in [2.05, 4.69) is 20.9 Å². The van der Waals surface area contributed by atoms with Gasteiger partial charge in [-0.05, 0) is 66.2 Å². The van der Waals surface area contributed by atoms with Crippen LogP contribution in [0, 0.1) is 5.41 Å². The summed E-state index contributed by atoms with van der Waals surface area (Å²) in [6, 6.07) is 0. The van der Waals surface area contributed by atoms with Gasteiger partial charge < -0.3 is 25.4 Å². The maximum Gasteiger partial charge on any atom is 0.408 e. The number of ether oxygens (including phenoxy) is 2. The molecule has 1 aliphatic carbocycles. The lowest BCUT2D eigenvalue weighted by Crippen LogP contribution is -2.54. The molecule has 0 aromatic carbocycles. The molecule has 27 heavy (non-hydrogen) atoms. The number of halogens is 1. The maximum atomic E-state index is 12.0. The monoisotopic (exact) mass is 498 g/mol. The molecule has 1 saturated carbocycles. The fraction of sp³-hybridized carbons (Fsp3) is 0.895. The SMILES string of the molecule is CCOCCC1(CNC(=NC)NCC(C)(C)NC(=O)OC(C)(C)C)CC1.I. The Labute approximate surface area is 181 Å². The van der Waals surface area contributed by atoms with Crippen LogP contribution in [0.2, 0.25) is 0 Å². The average molecular weight is 498 g/mol. The van der Waals surface area contributed by atoms with Gasteiger partial charge in [-0.25, -0.2) is 4.79 Å². The number of aliphatic imine (C=N–C) groups is 1. The second kappa shape index (κ2) is 11.3. The predicted octanol–water partition coefficient (Wildman–Crippen LogP) is 3.28. The van der Waals surface area contributed by atoms with E-state index in [0.29, 0.717) is 12.0 Å². The number of nitrogens with zero attached hydrogens (tertiary/aromatic N) is 1. The predicted molar refractivity (Wildman–Crippen MR) is 121 cm³/mol. The number of nitrogens with one attached hydrogen (secondary N) is 3. The molecule has 1 fully saturated rings. The molecule has 0 aromatic heterocycles. The zero-order valence-corrected chi connectivity index (χ0v) is 20.4. The maximum absolute atomic E-state index is 12.0. The van der Waals surface area contributed by atoms with E-state index in [1.807, 2.05) is 41.5 Å². The van der Waals surface area contributed by atoms with Gasteiger partial charge in [-0.15, -0.1) is 24.0 Å². The standard InChI is InChI=1S/C19H38N4O3.HI/c1-8-25-12-11-19(9-10-19)14-22-15(20-7)21-13-18(5,6)23-16(24)26-17(2,3)4;/h8-14H2,1-7H3,(H,23,24)(H2,20,21,22);1H. The summed E-state index contributed by atoms with van der Waals surface area (Å²) in [5, 5.41) is 9.57. The molecule has 160 valence electrons. The smallest absolute Gasteiger partial charge is 0.408 e. The molecule has 0 atom stereocenters. The first kappa shape index (κ1) is 26.2. The van der Waals surface area contributed by atoms with E-state index >= 15 is 0 Å². The quantitative estimate of drug-likeness (QED) is 0.197. The minimum Gasteiger partial charge on any atom is -0.444 e. The summed E-state index contributed by atoms with van der Waals surface area (Å²) in [7, 11) is 1.75. The molecule has 7 nitrogen and oxygen atoms in total. The number of hydrogen-bond acceptors (Lipinski definition) is 4. The number of guanidine groups is 1. The summed E-state index contributed by atoms with van der Waals surface area (Å²) in [6.45, 7) is 14.5. The van der Waals surface area contributed by atoms with E-state index < -0.39 is 17.2 Å². The van der Waals surface area contributed by atoms with Gasteiger partial charge in [0.1, 0.15) is 5.60 Å². The van der Waals surface area contributed by atoms with Crippen LogP contribution < -0.4 is 16.0 Å². The summed E-state index contributed by atoms with van der Waals surface area (Å²) in [5.74, 6) is 0.742. The van der Waals surface area contributed by atoms with Crippen LogP contribution in [0.1, 0.15) is 60.8 Å². The normalized spacial score (nSPS) is 16.2. The first-order chi connectivity index (χ1) is 12.0. The van der Waals surface area contributed by atoms with Gasteiger partial charge in [-0.1, -0.05) is 0 Å². The molecule has 8 heteroatoms. The first-order valence-corrected chi connectivity index (χ1v) is 9.54. The number of carbonyl (C=O) groups is 1. The fourth-order valence-electron chi connectivity index (χ4n) is 2.55. The molecule has 0 bridgehead atoms. The lowest BCUT2D eigenvalue weighted by atomic mass is 10.0. The van der Waals surface area contributed by atoms with E-state index in [0.717, 1.165) is 32.1 Å². The number of rotatable bonds is 9. The molecule has 3 N–H and O–H groups in total. The third kappa shape index (κ3) is 11.6. The number of carbonyl (C=O) groups excluding carboxylic acids is 1. The second-order valence-corrected chi connectivity index (χ2v) is 8.74. The Morgan fingerprint density at radius 1 is 1.15 bits per heavy atom. The number of amides is 1. The highest BCUT2D eigenvalue weighted by molar-refractivity contribution is 14.0. The van der Waals surface area contributed by atoms with Gasteiger partial charge in [-0.2, -0.15) is 0 Å². The lowest BCUT2D eigenvalue weighted by molar-refractivity contribution is 0.0474. The summed E-state index contributed by atoms with van der Waals surface area (Å²) < 4.78 is 10.8. The topological polar surface area (TPSA) is 84.0 Å². The van der Waals surface area contributed by atoms with Crippen molar-refractivity contribution < 1.29 is 14.3 Å². The van der Waals surface area contributed by atoms with Crippen LogP contribution in [-0.2, 0) is 9.47 Å². The Morgan fingerprint density at radius 3 is 2.26 bits per heavy atom. The van der Waals surface area contributed by atoms with E-state index in [1.165, 1.54) is 12.8 Å². The Kier molecular flexibility index (Phi) is 11.0. The Morgan fingerprint density at radius 2 is 1.78 bits per heavy atom. The minimum absolute atomic E-state index is 0. The van der Waals surface area contributed by atoms with Gasteiger partial charge in [0.15, 0.2) is 5.96 Å². The van der Waals surface area contributed by atoms with Crippen LogP contribution in [-0.4, -0.2) is 56.5 Å². The number of hydrogen-bond donors (Lipinski definition) is 3. The van der Waals surface area contributed by atoms with E-state index in [4.69, 9.17) is 9.47 Å². The van der Waals surface area contributed by atoms with Crippen molar-refractivity contribution in [1.82, 2.24) is 16.0 Å². The fourth-order valence-corrected chi connectivity index (χ4v) is 2.55. The van der Waals surface area contributed by atoms with Crippen LogP contribution in [0.25, 0.3) is 0 Å². The zero-order chi connectivity index (χ0) is 19.8. The van der Waals surface area contributed by atoms with Crippen molar-refractivity contribution in [2.24, 2.45) is 10.4 Å². The van der Waals surface area contributed by atoms with Crippen molar-refractivity contribution in [3.63, 3.8) is 0 Å². The van der Waals surface area contributed by atoms with Gasteiger partial charge in [0, 0.05) is 33.4 Å². The summed E-state index contributed by atoms with van der Waals surface area (Å²) in [5.41, 5.74) is -0.630. The van der Waals surface area contributed by atoms with Crippen LogP contribution in [0.5, 0.6) is 0 Å². The second-order valence-electron chi connectivity index (χ2n) is 8.74. The molecule has 0 radical (unpaired) electrons. The van der Waals surface area contributed by atoms with Crippen molar-refractivity contribution in [2.75, 3.05) is 33.4 Å². The van der Waals surface area contributed by atoms with Gasteiger partial charge in [0.05, 0.1) is 5.54 Å². The Balaban J connectivity index is 0.00000676. The molecule has 0 unspecified atom stereocenters. The molecule has 0 aliphatic heterocycles. The average Bonchev–Trinajstić information content (AvgIpc) is 3.25. The van der Waals surface area contributed by atoms with Crippen molar-refractivity contribution in [1.29, 1.82) is 0 Å². The van der Waals surface area contributed by atoms with Gasteiger partial charge >= 0.3 is 6.09 Å². The van der Waals surface area contributed by atoms with Crippen LogP contribution >= 0.6 is 24.0 Å². The highest BCUT2D eigenvalue weighted by Gasteiger charge is 2.42. The van der Waals surface area contributed by atoms with Crippen LogP contribution in [0.15, 0.2) is 4.99 Å². The molecule has 1 aliphatic rings. The van der Waals surface area contributed by atoms with Gasteiger partial charge in [0.25, 0.3) is 0 Å². The summed E-state index contributed by atoms with van der Waals surface area (Å²) in [4.78, 5) is 16.2. The minimum atomic E-state index is -0.509. The van der Waals surface area contributed by atoms with Crippen LogP contribution in [0.3, 0.4) is 0 Å². The van der Waals surface area contributed by atoms with E-state index in [9.17, 15) is 4.79 Å². The van der Waals surface area contributed by atoms with Gasteiger partial charge in [0.2, 0.25) is 0 Å². The Hall–Kier alpha value is -0.770. The highest BCUT2D eigenvalue weighted by atomic mass is 127. The van der Waals surface area contributed by atoms with Crippen molar-refractivity contribution in [3.05, 3.63) is 0 Å². The molecule has 1 rings (SSSR count). The van der Waals surface area contributed by atoms with Crippen LogP contribution in [0.4, 0.5) is 4.79 Å². The van der Waals surface area contributed by atoms with Crippen molar-refractivity contribution in [3.8, 4) is 0 Å². The third-order valence-electron chi connectivity index (χ3n) is 4.33. The van der Waals surface area contributed by atoms with E-state index in [-0.39, 0.29) is 24.0 Å². The molecular formula is C19H39IN4O3. The van der Waals surface area contributed by atoms with Gasteiger partial charge in [-0.3, -0.25) is 4.99 Å².